The largest absolute Gasteiger partial charge is 0.340 e. The fourth-order valence-electron chi connectivity index (χ4n) is 3.87. The van der Waals surface area contributed by atoms with Gasteiger partial charge in [0.15, 0.2) is 0 Å². The Hall–Kier alpha value is -1.40. The molecule has 25 heavy (non-hydrogen) atoms. The van der Waals surface area contributed by atoms with Crippen LogP contribution in [0.4, 0.5) is 0 Å². The Labute approximate surface area is 151 Å². The van der Waals surface area contributed by atoms with Crippen LogP contribution in [0, 0.1) is 5.92 Å². The molecular weight excluding hydrogens is 336 g/mol. The minimum Gasteiger partial charge on any atom is -0.340 e. The van der Waals surface area contributed by atoms with Gasteiger partial charge in [0, 0.05) is 32.1 Å². The SMILES string of the molecule is CCC[C@@H](C)C(=O)N1CCN(S(=O)(=O)c2ccc3c(c2)CCC3)CC1. The topological polar surface area (TPSA) is 57.7 Å². The summed E-state index contributed by atoms with van der Waals surface area (Å²) in [6, 6.07) is 5.54. The Morgan fingerprint density at radius 1 is 1.12 bits per heavy atom. The first-order chi connectivity index (χ1) is 11.9. The number of sulfonamides is 1. The minimum atomic E-state index is -3.47. The standard InChI is InChI=1S/C19H28N2O3S/c1-3-5-15(2)19(22)20-10-12-21(13-11-20)25(23,24)18-9-8-16-6-4-7-17(16)14-18/h8-9,14-15H,3-7,10-13H2,1-2H3/t15-/m1/s1. The number of fused-ring (bicyclic) bond motifs is 1. The molecule has 0 unspecified atom stereocenters. The van der Waals surface area contributed by atoms with Crippen molar-refractivity contribution >= 4 is 15.9 Å². The molecule has 0 bridgehead atoms. The van der Waals surface area contributed by atoms with Crippen LogP contribution in [0.15, 0.2) is 23.1 Å². The molecule has 2 aliphatic rings. The van der Waals surface area contributed by atoms with Gasteiger partial charge in [0.05, 0.1) is 4.90 Å². The molecule has 1 aliphatic carbocycles. The van der Waals surface area contributed by atoms with Crippen molar-refractivity contribution in [2.75, 3.05) is 26.2 Å². The van der Waals surface area contributed by atoms with Crippen molar-refractivity contribution in [2.45, 2.75) is 50.8 Å². The highest BCUT2D eigenvalue weighted by Crippen LogP contribution is 2.27. The molecule has 5 nitrogen and oxygen atoms in total. The zero-order valence-electron chi connectivity index (χ0n) is 15.2. The Bertz CT molecular complexity index is 737. The molecule has 1 aliphatic heterocycles. The van der Waals surface area contributed by atoms with Gasteiger partial charge in [-0.25, -0.2) is 8.42 Å². The van der Waals surface area contributed by atoms with Gasteiger partial charge in [0.25, 0.3) is 0 Å². The van der Waals surface area contributed by atoms with E-state index in [9.17, 15) is 13.2 Å². The summed E-state index contributed by atoms with van der Waals surface area (Å²) in [4.78, 5) is 14.6. The molecule has 1 amide bonds. The van der Waals surface area contributed by atoms with E-state index in [2.05, 4.69) is 6.92 Å². The fraction of sp³-hybridized carbons (Fsp3) is 0.632. The summed E-state index contributed by atoms with van der Waals surface area (Å²) in [7, 11) is -3.47. The number of benzene rings is 1. The Balaban J connectivity index is 1.67. The molecule has 3 rings (SSSR count). The molecule has 6 heteroatoms. The summed E-state index contributed by atoms with van der Waals surface area (Å²) < 4.78 is 27.4. The first-order valence-electron chi connectivity index (χ1n) is 9.34. The minimum absolute atomic E-state index is 0.0184. The lowest BCUT2D eigenvalue weighted by atomic mass is 10.0. The number of carbonyl (C=O) groups excluding carboxylic acids is 1. The zero-order chi connectivity index (χ0) is 18.0. The average molecular weight is 365 g/mol. The number of nitrogens with zero attached hydrogens (tertiary/aromatic N) is 2. The van der Waals surface area contributed by atoms with Crippen LogP contribution in [0.2, 0.25) is 0 Å². The molecule has 1 heterocycles. The van der Waals surface area contributed by atoms with E-state index >= 15 is 0 Å². The number of hydrogen-bond acceptors (Lipinski definition) is 3. The zero-order valence-corrected chi connectivity index (χ0v) is 16.0. The molecular formula is C19H28N2O3S. The summed E-state index contributed by atoms with van der Waals surface area (Å²) in [5, 5.41) is 0. The van der Waals surface area contributed by atoms with Crippen molar-refractivity contribution in [1.82, 2.24) is 9.21 Å². The molecule has 0 N–H and O–H groups in total. The molecule has 1 aromatic carbocycles. The number of hydrogen-bond donors (Lipinski definition) is 0. The van der Waals surface area contributed by atoms with Crippen molar-refractivity contribution in [2.24, 2.45) is 5.92 Å². The van der Waals surface area contributed by atoms with Gasteiger partial charge in [0.1, 0.15) is 0 Å². The third-order valence-electron chi connectivity index (χ3n) is 5.40. The summed E-state index contributed by atoms with van der Waals surface area (Å²) in [6.45, 7) is 5.76. The molecule has 1 aromatic rings. The third-order valence-corrected chi connectivity index (χ3v) is 7.30. The predicted molar refractivity (Wildman–Crippen MR) is 97.9 cm³/mol. The van der Waals surface area contributed by atoms with Crippen molar-refractivity contribution in [3.8, 4) is 0 Å². The molecule has 0 spiro atoms. The highest BCUT2D eigenvalue weighted by atomic mass is 32.2. The van der Waals surface area contributed by atoms with E-state index in [0.29, 0.717) is 31.1 Å². The summed E-state index contributed by atoms with van der Waals surface area (Å²) in [6.07, 6.45) is 4.99. The van der Waals surface area contributed by atoms with Crippen molar-refractivity contribution in [3.05, 3.63) is 29.3 Å². The number of piperazine rings is 1. The van der Waals surface area contributed by atoms with Crippen molar-refractivity contribution < 1.29 is 13.2 Å². The molecule has 0 saturated carbocycles. The van der Waals surface area contributed by atoms with Crippen LogP contribution in [0.1, 0.15) is 44.2 Å². The Morgan fingerprint density at radius 3 is 2.48 bits per heavy atom. The van der Waals surface area contributed by atoms with Crippen LogP contribution in [0.25, 0.3) is 0 Å². The maximum Gasteiger partial charge on any atom is 0.243 e. The van der Waals surface area contributed by atoms with E-state index in [4.69, 9.17) is 0 Å². The van der Waals surface area contributed by atoms with Gasteiger partial charge in [0.2, 0.25) is 15.9 Å². The molecule has 0 radical (unpaired) electrons. The van der Waals surface area contributed by atoms with Gasteiger partial charge in [-0.2, -0.15) is 4.31 Å². The number of rotatable bonds is 5. The fourth-order valence-corrected chi connectivity index (χ4v) is 5.35. The van der Waals surface area contributed by atoms with Gasteiger partial charge in [-0.1, -0.05) is 26.3 Å². The lowest BCUT2D eigenvalue weighted by Gasteiger charge is -2.35. The van der Waals surface area contributed by atoms with E-state index in [0.717, 1.165) is 32.1 Å². The predicted octanol–water partition coefficient (Wildman–Crippen LogP) is 2.44. The van der Waals surface area contributed by atoms with Crippen LogP contribution < -0.4 is 0 Å². The number of aryl methyl sites for hydroxylation is 2. The summed E-state index contributed by atoms with van der Waals surface area (Å²) >= 11 is 0. The van der Waals surface area contributed by atoms with E-state index in [1.807, 2.05) is 24.0 Å². The van der Waals surface area contributed by atoms with Crippen LogP contribution in [0.3, 0.4) is 0 Å². The van der Waals surface area contributed by atoms with Gasteiger partial charge in [-0.05, 0) is 48.9 Å². The van der Waals surface area contributed by atoms with Gasteiger partial charge >= 0.3 is 0 Å². The maximum absolute atomic E-state index is 12.9. The highest BCUT2D eigenvalue weighted by Gasteiger charge is 2.31. The Morgan fingerprint density at radius 2 is 1.80 bits per heavy atom. The second kappa shape index (κ2) is 7.46. The quantitative estimate of drug-likeness (QED) is 0.806. The monoisotopic (exact) mass is 364 g/mol. The van der Waals surface area contributed by atoms with Crippen LogP contribution in [-0.2, 0) is 27.7 Å². The lowest BCUT2D eigenvalue weighted by molar-refractivity contribution is -0.136. The molecule has 0 aromatic heterocycles. The average Bonchev–Trinajstić information content (AvgIpc) is 3.09. The molecule has 138 valence electrons. The first-order valence-corrected chi connectivity index (χ1v) is 10.8. The number of amides is 1. The summed E-state index contributed by atoms with van der Waals surface area (Å²) in [5.74, 6) is 0.168. The van der Waals surface area contributed by atoms with Gasteiger partial charge in [-0.15, -0.1) is 0 Å². The Kier molecular flexibility index (Phi) is 5.49. The second-order valence-electron chi connectivity index (χ2n) is 7.20. The van der Waals surface area contributed by atoms with E-state index in [-0.39, 0.29) is 11.8 Å². The van der Waals surface area contributed by atoms with Crippen LogP contribution >= 0.6 is 0 Å². The third kappa shape index (κ3) is 3.75. The normalized spacial score (nSPS) is 19.7. The smallest absolute Gasteiger partial charge is 0.243 e. The van der Waals surface area contributed by atoms with Crippen LogP contribution in [-0.4, -0.2) is 49.7 Å². The van der Waals surface area contributed by atoms with Crippen molar-refractivity contribution in [1.29, 1.82) is 0 Å². The number of carbonyl (C=O) groups is 1. The van der Waals surface area contributed by atoms with E-state index < -0.39 is 10.0 Å². The lowest BCUT2D eigenvalue weighted by Crippen LogP contribution is -2.51. The van der Waals surface area contributed by atoms with E-state index in [1.54, 1.807) is 6.07 Å². The van der Waals surface area contributed by atoms with Gasteiger partial charge in [-0.3, -0.25) is 4.79 Å². The molecule has 1 saturated heterocycles. The first kappa shape index (κ1) is 18.4. The second-order valence-corrected chi connectivity index (χ2v) is 9.14. The van der Waals surface area contributed by atoms with Gasteiger partial charge < -0.3 is 4.90 Å². The maximum atomic E-state index is 12.9. The van der Waals surface area contributed by atoms with Crippen LogP contribution in [0.5, 0.6) is 0 Å². The van der Waals surface area contributed by atoms with Crippen molar-refractivity contribution in [3.63, 3.8) is 0 Å². The molecule has 1 fully saturated rings. The highest BCUT2D eigenvalue weighted by molar-refractivity contribution is 7.89. The summed E-state index contributed by atoms with van der Waals surface area (Å²) in [5.41, 5.74) is 2.45. The molecule has 1 atom stereocenters. The van der Waals surface area contributed by atoms with E-state index in [1.165, 1.54) is 15.4 Å².